The molecule has 138 valence electrons. The number of halogens is 1. The summed E-state index contributed by atoms with van der Waals surface area (Å²) in [5.41, 5.74) is 4.16. The molecule has 0 aliphatic carbocycles. The van der Waals surface area contributed by atoms with E-state index in [1.165, 1.54) is 17.4 Å². The first-order valence-electron chi connectivity index (χ1n) is 7.59. The predicted molar refractivity (Wildman–Crippen MR) is 109 cm³/mol. The number of hydrogen-bond donors (Lipinski definition) is 4. The van der Waals surface area contributed by atoms with E-state index in [9.17, 15) is 9.90 Å². The standard InChI is InChI=1S/C16H22N4O3S.HI/c1-3-18-15(19-9-11-6-7-12(23-11)14(17)21)20-10-16(2,22)13-5-4-8-24-13;/h4-8,22H,3,9-10H2,1-2H3,(H2,17,21)(H2,18,19,20);1H. The second-order valence-corrected chi connectivity index (χ2v) is 6.38. The lowest BCUT2D eigenvalue weighted by Gasteiger charge is -2.23. The Morgan fingerprint density at radius 2 is 2.16 bits per heavy atom. The molecule has 25 heavy (non-hydrogen) atoms. The molecule has 0 aromatic carbocycles. The van der Waals surface area contributed by atoms with E-state index in [0.717, 1.165) is 4.88 Å². The van der Waals surface area contributed by atoms with Gasteiger partial charge in [0.05, 0.1) is 6.54 Å². The number of furan rings is 1. The average Bonchev–Trinajstić information content (AvgIpc) is 3.21. The molecule has 2 aromatic rings. The maximum atomic E-state index is 11.0. The summed E-state index contributed by atoms with van der Waals surface area (Å²) in [6.45, 7) is 4.94. The van der Waals surface area contributed by atoms with E-state index < -0.39 is 11.5 Å². The van der Waals surface area contributed by atoms with Gasteiger partial charge in [0.2, 0.25) is 0 Å². The third kappa shape index (κ3) is 6.33. The van der Waals surface area contributed by atoms with Crippen molar-refractivity contribution >= 4 is 47.2 Å². The molecular formula is C16H23IN4O3S. The van der Waals surface area contributed by atoms with E-state index >= 15 is 0 Å². The van der Waals surface area contributed by atoms with E-state index in [-0.39, 0.29) is 36.3 Å². The Bertz CT molecular complexity index is 698. The van der Waals surface area contributed by atoms with Crippen molar-refractivity contribution < 1.29 is 14.3 Å². The number of hydrogen-bond acceptors (Lipinski definition) is 5. The molecule has 1 unspecified atom stereocenters. The molecule has 0 radical (unpaired) electrons. The van der Waals surface area contributed by atoms with Gasteiger partial charge >= 0.3 is 0 Å². The Balaban J connectivity index is 0.00000312. The van der Waals surface area contributed by atoms with E-state index in [2.05, 4.69) is 15.6 Å². The molecule has 0 saturated carbocycles. The van der Waals surface area contributed by atoms with Gasteiger partial charge in [-0.15, -0.1) is 35.3 Å². The molecule has 0 fully saturated rings. The van der Waals surface area contributed by atoms with E-state index in [1.54, 1.807) is 13.0 Å². The first kappa shape index (κ1) is 21.5. The van der Waals surface area contributed by atoms with Crippen LogP contribution in [0.2, 0.25) is 0 Å². The zero-order chi connectivity index (χ0) is 17.6. The average molecular weight is 478 g/mol. The summed E-state index contributed by atoms with van der Waals surface area (Å²) in [7, 11) is 0. The molecule has 5 N–H and O–H groups in total. The van der Waals surface area contributed by atoms with Crippen LogP contribution in [0.3, 0.4) is 0 Å². The first-order valence-corrected chi connectivity index (χ1v) is 8.47. The number of nitrogens with one attached hydrogen (secondary N) is 2. The SMILES string of the molecule is CCNC(=NCc1ccc(C(N)=O)o1)NCC(C)(O)c1cccs1.I. The van der Waals surface area contributed by atoms with E-state index in [0.29, 0.717) is 24.8 Å². The molecule has 0 bridgehead atoms. The number of thiophene rings is 1. The van der Waals surface area contributed by atoms with Crippen LogP contribution in [0.5, 0.6) is 0 Å². The second kappa shape index (κ2) is 9.78. The van der Waals surface area contributed by atoms with Gasteiger partial charge in [0.1, 0.15) is 17.9 Å². The van der Waals surface area contributed by atoms with Gasteiger partial charge in [0, 0.05) is 11.4 Å². The van der Waals surface area contributed by atoms with Crippen LogP contribution in [-0.2, 0) is 12.1 Å². The van der Waals surface area contributed by atoms with Crippen molar-refractivity contribution in [2.45, 2.75) is 26.0 Å². The fraction of sp³-hybridized carbons (Fsp3) is 0.375. The Morgan fingerprint density at radius 3 is 2.72 bits per heavy atom. The number of primary amides is 1. The normalized spacial score (nSPS) is 13.6. The number of guanidine groups is 1. The minimum absolute atomic E-state index is 0. The number of aliphatic hydroxyl groups is 1. The highest BCUT2D eigenvalue weighted by atomic mass is 127. The van der Waals surface area contributed by atoms with Crippen LogP contribution in [0.25, 0.3) is 0 Å². The quantitative estimate of drug-likeness (QED) is 0.276. The summed E-state index contributed by atoms with van der Waals surface area (Å²) < 4.78 is 5.29. The molecule has 0 saturated heterocycles. The summed E-state index contributed by atoms with van der Waals surface area (Å²) >= 11 is 1.50. The number of carbonyl (C=O) groups is 1. The summed E-state index contributed by atoms with van der Waals surface area (Å²) in [5.74, 6) is 0.582. The van der Waals surface area contributed by atoms with Crippen LogP contribution in [0.15, 0.2) is 39.1 Å². The molecule has 2 aromatic heterocycles. The van der Waals surface area contributed by atoms with Gasteiger partial charge < -0.3 is 25.9 Å². The van der Waals surface area contributed by atoms with Crippen molar-refractivity contribution in [2.75, 3.05) is 13.1 Å². The van der Waals surface area contributed by atoms with E-state index in [1.807, 2.05) is 24.4 Å². The van der Waals surface area contributed by atoms with Gasteiger partial charge in [-0.2, -0.15) is 0 Å². The van der Waals surface area contributed by atoms with Gasteiger partial charge in [0.25, 0.3) is 5.91 Å². The molecule has 0 aliphatic rings. The number of rotatable bonds is 7. The topological polar surface area (TPSA) is 113 Å². The molecule has 1 atom stereocenters. The van der Waals surface area contributed by atoms with Crippen molar-refractivity contribution in [3.63, 3.8) is 0 Å². The third-order valence-electron chi connectivity index (χ3n) is 3.29. The number of nitrogens with zero attached hydrogens (tertiary/aromatic N) is 1. The fourth-order valence-corrected chi connectivity index (χ4v) is 2.81. The molecule has 0 spiro atoms. The van der Waals surface area contributed by atoms with Crippen LogP contribution in [0, 0.1) is 0 Å². The summed E-state index contributed by atoms with van der Waals surface area (Å²) in [5, 5.41) is 18.7. The molecule has 0 aliphatic heterocycles. The molecule has 2 heterocycles. The van der Waals surface area contributed by atoms with Crippen LogP contribution in [0.1, 0.15) is 35.0 Å². The fourth-order valence-electron chi connectivity index (χ4n) is 2.02. The van der Waals surface area contributed by atoms with Crippen molar-refractivity contribution in [1.82, 2.24) is 10.6 Å². The molecule has 9 heteroatoms. The smallest absolute Gasteiger partial charge is 0.284 e. The second-order valence-electron chi connectivity index (χ2n) is 5.43. The Kier molecular flexibility index (Phi) is 8.39. The lowest BCUT2D eigenvalue weighted by molar-refractivity contribution is 0.0655. The molecular weight excluding hydrogens is 455 g/mol. The zero-order valence-electron chi connectivity index (χ0n) is 14.1. The van der Waals surface area contributed by atoms with Gasteiger partial charge in [-0.3, -0.25) is 4.79 Å². The number of carbonyl (C=O) groups excluding carboxylic acids is 1. The Labute approximate surface area is 167 Å². The maximum Gasteiger partial charge on any atom is 0.284 e. The van der Waals surface area contributed by atoms with Crippen LogP contribution in [-0.4, -0.2) is 30.1 Å². The summed E-state index contributed by atoms with van der Waals surface area (Å²) in [6.07, 6.45) is 0. The monoisotopic (exact) mass is 478 g/mol. The number of amides is 1. The Morgan fingerprint density at radius 1 is 1.40 bits per heavy atom. The molecule has 7 nitrogen and oxygen atoms in total. The minimum atomic E-state index is -0.992. The maximum absolute atomic E-state index is 11.0. The van der Waals surface area contributed by atoms with Crippen LogP contribution < -0.4 is 16.4 Å². The Hall–Kier alpha value is -1.59. The highest BCUT2D eigenvalue weighted by molar-refractivity contribution is 14.0. The van der Waals surface area contributed by atoms with Gasteiger partial charge in [0.15, 0.2) is 11.7 Å². The number of nitrogens with two attached hydrogens (primary N) is 1. The highest BCUT2D eigenvalue weighted by Gasteiger charge is 2.24. The lowest BCUT2D eigenvalue weighted by atomic mass is 10.1. The van der Waals surface area contributed by atoms with Gasteiger partial charge in [-0.1, -0.05) is 6.07 Å². The van der Waals surface area contributed by atoms with Gasteiger partial charge in [-0.05, 0) is 37.4 Å². The number of aliphatic imine (C=N–C) groups is 1. The van der Waals surface area contributed by atoms with E-state index in [4.69, 9.17) is 10.2 Å². The van der Waals surface area contributed by atoms with Crippen molar-refractivity contribution in [1.29, 1.82) is 0 Å². The van der Waals surface area contributed by atoms with Crippen LogP contribution >= 0.6 is 35.3 Å². The highest BCUT2D eigenvalue weighted by Crippen LogP contribution is 2.24. The first-order chi connectivity index (χ1) is 11.4. The summed E-state index contributed by atoms with van der Waals surface area (Å²) in [6, 6.07) is 6.98. The van der Waals surface area contributed by atoms with Crippen molar-refractivity contribution in [2.24, 2.45) is 10.7 Å². The van der Waals surface area contributed by atoms with Crippen molar-refractivity contribution in [3.05, 3.63) is 46.0 Å². The predicted octanol–water partition coefficient (Wildman–Crippen LogP) is 2.02. The van der Waals surface area contributed by atoms with Crippen LogP contribution in [0.4, 0.5) is 0 Å². The third-order valence-corrected chi connectivity index (χ3v) is 4.42. The van der Waals surface area contributed by atoms with Crippen molar-refractivity contribution in [3.8, 4) is 0 Å². The largest absolute Gasteiger partial charge is 0.454 e. The summed E-state index contributed by atoms with van der Waals surface area (Å²) in [4.78, 5) is 16.3. The zero-order valence-corrected chi connectivity index (χ0v) is 17.3. The van der Waals surface area contributed by atoms with Gasteiger partial charge in [-0.25, -0.2) is 4.99 Å². The lowest BCUT2D eigenvalue weighted by Crippen LogP contribution is -2.44. The minimum Gasteiger partial charge on any atom is -0.454 e. The molecule has 2 rings (SSSR count). The molecule has 1 amide bonds.